The number of carbonyl (C=O) groups excluding carboxylic acids is 1. The number of carbonyl (C=O) groups is 1. The third kappa shape index (κ3) is 4.75. The molecule has 5 N–H and O–H groups in total. The fraction of sp³-hybridized carbons (Fsp3) is 0.455. The van der Waals surface area contributed by atoms with Crippen molar-refractivity contribution < 1.29 is 4.79 Å². The molecule has 1 aromatic rings. The third-order valence-corrected chi connectivity index (χ3v) is 2.18. The molecule has 0 fully saturated rings. The van der Waals surface area contributed by atoms with Gasteiger partial charge in [-0.05, 0) is 31.5 Å². The molecule has 0 aromatic carbocycles. The molecule has 0 atom stereocenters. The first-order valence-electron chi connectivity index (χ1n) is 5.44. The summed E-state index contributed by atoms with van der Waals surface area (Å²) in [5.41, 5.74) is 11.5. The molecule has 0 radical (unpaired) electrons. The topological polar surface area (TPSA) is 94.0 Å². The summed E-state index contributed by atoms with van der Waals surface area (Å²) in [5, 5.41) is 2.76. The number of hydrogen-bond acceptors (Lipinski definition) is 4. The number of rotatable bonds is 6. The maximum Gasteiger partial charge on any atom is 0.224 e. The number of anilines is 2. The fourth-order valence-corrected chi connectivity index (χ4v) is 1.31. The molecule has 5 heteroatoms. The number of aromatic nitrogens is 1. The van der Waals surface area contributed by atoms with Crippen LogP contribution in [0.15, 0.2) is 18.3 Å². The van der Waals surface area contributed by atoms with Crippen molar-refractivity contribution in [2.75, 3.05) is 17.6 Å². The van der Waals surface area contributed by atoms with Crippen molar-refractivity contribution in [1.29, 1.82) is 0 Å². The summed E-state index contributed by atoms with van der Waals surface area (Å²) in [6, 6.07) is 3.39. The number of unbranched alkanes of at least 4 members (excludes halogenated alkanes) is 2. The van der Waals surface area contributed by atoms with Crippen molar-refractivity contribution in [1.82, 2.24) is 4.98 Å². The van der Waals surface area contributed by atoms with Gasteiger partial charge in [-0.2, -0.15) is 0 Å². The molecule has 1 amide bonds. The van der Waals surface area contributed by atoms with Gasteiger partial charge in [0.15, 0.2) is 0 Å². The van der Waals surface area contributed by atoms with Gasteiger partial charge in [-0.25, -0.2) is 4.98 Å². The molecule has 0 aliphatic heterocycles. The van der Waals surface area contributed by atoms with E-state index in [4.69, 9.17) is 11.5 Å². The smallest absolute Gasteiger partial charge is 0.224 e. The van der Waals surface area contributed by atoms with Crippen molar-refractivity contribution in [2.45, 2.75) is 25.7 Å². The Labute approximate surface area is 95.2 Å². The van der Waals surface area contributed by atoms with Crippen molar-refractivity contribution >= 4 is 17.4 Å². The van der Waals surface area contributed by atoms with Crippen molar-refractivity contribution in [3.8, 4) is 0 Å². The average molecular weight is 222 g/mol. The lowest BCUT2D eigenvalue weighted by atomic mass is 10.2. The molecule has 16 heavy (non-hydrogen) atoms. The van der Waals surface area contributed by atoms with Crippen LogP contribution in [-0.2, 0) is 4.79 Å². The normalized spacial score (nSPS) is 10.1. The molecule has 0 bridgehead atoms. The zero-order chi connectivity index (χ0) is 11.8. The molecular weight excluding hydrogens is 204 g/mol. The summed E-state index contributed by atoms with van der Waals surface area (Å²) in [6.07, 6.45) is 4.89. The predicted molar refractivity (Wildman–Crippen MR) is 64.8 cm³/mol. The van der Waals surface area contributed by atoms with Crippen LogP contribution in [0.25, 0.3) is 0 Å². The Kier molecular flexibility index (Phi) is 5.28. The van der Waals surface area contributed by atoms with Crippen LogP contribution in [0.3, 0.4) is 0 Å². The number of amides is 1. The minimum absolute atomic E-state index is 0.00333. The monoisotopic (exact) mass is 222 g/mol. The van der Waals surface area contributed by atoms with Gasteiger partial charge in [0.25, 0.3) is 0 Å². The van der Waals surface area contributed by atoms with Crippen molar-refractivity contribution in [2.24, 2.45) is 5.73 Å². The van der Waals surface area contributed by atoms with Gasteiger partial charge in [0, 0.05) is 6.42 Å². The van der Waals surface area contributed by atoms with Crippen LogP contribution in [0.4, 0.5) is 11.5 Å². The SMILES string of the molecule is NCCCCCC(=O)Nc1ccc(N)nc1. The summed E-state index contributed by atoms with van der Waals surface area (Å²) in [7, 11) is 0. The van der Waals surface area contributed by atoms with Gasteiger partial charge in [0.2, 0.25) is 5.91 Å². The van der Waals surface area contributed by atoms with Crippen LogP contribution >= 0.6 is 0 Å². The zero-order valence-corrected chi connectivity index (χ0v) is 9.28. The second-order valence-corrected chi connectivity index (χ2v) is 3.62. The molecule has 5 nitrogen and oxygen atoms in total. The summed E-state index contributed by atoms with van der Waals surface area (Å²) in [6.45, 7) is 0.684. The van der Waals surface area contributed by atoms with Crippen LogP contribution in [-0.4, -0.2) is 17.4 Å². The Bertz CT molecular complexity index is 323. The first-order valence-corrected chi connectivity index (χ1v) is 5.44. The third-order valence-electron chi connectivity index (χ3n) is 2.18. The molecule has 0 unspecified atom stereocenters. The van der Waals surface area contributed by atoms with E-state index >= 15 is 0 Å². The number of nitrogens with two attached hydrogens (primary N) is 2. The molecule has 88 valence electrons. The fourth-order valence-electron chi connectivity index (χ4n) is 1.31. The average Bonchev–Trinajstić information content (AvgIpc) is 2.28. The van der Waals surface area contributed by atoms with E-state index in [1.807, 2.05) is 0 Å². The van der Waals surface area contributed by atoms with E-state index in [1.54, 1.807) is 18.3 Å². The molecule has 1 rings (SSSR count). The summed E-state index contributed by atoms with van der Waals surface area (Å²) >= 11 is 0. The highest BCUT2D eigenvalue weighted by atomic mass is 16.1. The van der Waals surface area contributed by atoms with Crippen LogP contribution < -0.4 is 16.8 Å². The molecule has 0 saturated carbocycles. The molecule has 0 aliphatic rings. The molecule has 1 heterocycles. The number of pyridine rings is 1. The quantitative estimate of drug-likeness (QED) is 0.629. The van der Waals surface area contributed by atoms with Crippen molar-refractivity contribution in [3.05, 3.63) is 18.3 Å². The first kappa shape index (κ1) is 12.4. The van der Waals surface area contributed by atoms with E-state index in [9.17, 15) is 4.79 Å². The Morgan fingerprint density at radius 2 is 2.12 bits per heavy atom. The maximum absolute atomic E-state index is 11.5. The lowest BCUT2D eigenvalue weighted by Gasteiger charge is -2.04. The maximum atomic E-state index is 11.5. The highest BCUT2D eigenvalue weighted by Gasteiger charge is 2.01. The number of nitrogens with one attached hydrogen (secondary N) is 1. The summed E-state index contributed by atoms with van der Waals surface area (Å²) in [5.74, 6) is 0.449. The number of hydrogen-bond donors (Lipinski definition) is 3. The van der Waals surface area contributed by atoms with Gasteiger partial charge < -0.3 is 16.8 Å². The Morgan fingerprint density at radius 3 is 2.75 bits per heavy atom. The van der Waals surface area contributed by atoms with Gasteiger partial charge in [-0.15, -0.1) is 0 Å². The van der Waals surface area contributed by atoms with Gasteiger partial charge in [-0.1, -0.05) is 6.42 Å². The van der Waals surface area contributed by atoms with E-state index in [1.165, 1.54) is 0 Å². The van der Waals surface area contributed by atoms with Gasteiger partial charge in [-0.3, -0.25) is 4.79 Å². The van der Waals surface area contributed by atoms with E-state index < -0.39 is 0 Å². The van der Waals surface area contributed by atoms with Crippen LogP contribution in [0.2, 0.25) is 0 Å². The number of nitrogen functional groups attached to an aromatic ring is 1. The zero-order valence-electron chi connectivity index (χ0n) is 9.28. The Balaban J connectivity index is 2.26. The van der Waals surface area contributed by atoms with E-state index in [-0.39, 0.29) is 5.91 Å². The van der Waals surface area contributed by atoms with Crippen LogP contribution in [0.1, 0.15) is 25.7 Å². The minimum Gasteiger partial charge on any atom is -0.384 e. The minimum atomic E-state index is 0.00333. The second-order valence-electron chi connectivity index (χ2n) is 3.62. The Hall–Kier alpha value is -1.62. The van der Waals surface area contributed by atoms with E-state index in [2.05, 4.69) is 10.3 Å². The number of nitrogens with zero attached hydrogens (tertiary/aromatic N) is 1. The Morgan fingerprint density at radius 1 is 1.31 bits per heavy atom. The predicted octanol–water partition coefficient (Wildman–Crippen LogP) is 1.12. The molecule has 1 aromatic heterocycles. The van der Waals surface area contributed by atoms with Crippen LogP contribution in [0.5, 0.6) is 0 Å². The molecular formula is C11H18N4O. The highest BCUT2D eigenvalue weighted by molar-refractivity contribution is 5.90. The summed E-state index contributed by atoms with van der Waals surface area (Å²) < 4.78 is 0. The first-order chi connectivity index (χ1) is 7.72. The molecule has 0 aliphatic carbocycles. The van der Waals surface area contributed by atoms with E-state index in [0.29, 0.717) is 24.5 Å². The van der Waals surface area contributed by atoms with E-state index in [0.717, 1.165) is 19.3 Å². The van der Waals surface area contributed by atoms with Gasteiger partial charge in [0.1, 0.15) is 5.82 Å². The highest BCUT2D eigenvalue weighted by Crippen LogP contribution is 2.08. The standard InChI is InChI=1S/C11H18N4O/c12-7-3-1-2-4-11(16)15-9-5-6-10(13)14-8-9/h5-6,8H,1-4,7,12H2,(H2,13,14)(H,15,16). The van der Waals surface area contributed by atoms with Gasteiger partial charge in [0.05, 0.1) is 11.9 Å². The van der Waals surface area contributed by atoms with Gasteiger partial charge >= 0.3 is 0 Å². The summed E-state index contributed by atoms with van der Waals surface area (Å²) in [4.78, 5) is 15.3. The second kappa shape index (κ2) is 6.79. The van der Waals surface area contributed by atoms with Crippen molar-refractivity contribution in [3.63, 3.8) is 0 Å². The lowest BCUT2D eigenvalue weighted by molar-refractivity contribution is -0.116. The largest absolute Gasteiger partial charge is 0.384 e. The lowest BCUT2D eigenvalue weighted by Crippen LogP contribution is -2.11. The molecule has 0 spiro atoms. The molecule has 0 saturated heterocycles. The van der Waals surface area contributed by atoms with Crippen LogP contribution in [0, 0.1) is 0 Å².